The minimum Gasteiger partial charge on any atom is -0.348 e. The largest absolute Gasteiger partial charge is 0.348 e. The molecule has 0 saturated heterocycles. The normalized spacial score (nSPS) is 11.2. The van der Waals surface area contributed by atoms with Gasteiger partial charge in [0.15, 0.2) is 0 Å². The van der Waals surface area contributed by atoms with E-state index in [9.17, 15) is 4.79 Å². The highest BCUT2D eigenvalue weighted by Gasteiger charge is 2.13. The zero-order valence-corrected chi connectivity index (χ0v) is 18.4. The van der Waals surface area contributed by atoms with Crippen LogP contribution in [0.1, 0.15) is 17.0 Å². The standard InChI is InChI=1S/C27H25N5O/c1-18-24(31-17-30-18)11-13-28-16-19-7-9-21(10-8-19)26-22(20-5-3-2-4-6-20)15-23-25(32-26)12-14-29-27(23)33/h2-10,12,14-15,17,28H,11,13,16H2,1H3,(H,29,33)(H,30,31). The Balaban J connectivity index is 1.40. The number of nitrogens with zero attached hydrogens (tertiary/aromatic N) is 2. The first-order valence-corrected chi connectivity index (χ1v) is 11.1. The van der Waals surface area contributed by atoms with E-state index in [2.05, 4.69) is 44.5 Å². The van der Waals surface area contributed by atoms with Gasteiger partial charge < -0.3 is 15.3 Å². The quantitative estimate of drug-likeness (QED) is 0.326. The van der Waals surface area contributed by atoms with Gasteiger partial charge in [-0.2, -0.15) is 0 Å². The van der Waals surface area contributed by atoms with Crippen molar-refractivity contribution in [3.05, 3.63) is 107 Å². The molecule has 0 saturated carbocycles. The summed E-state index contributed by atoms with van der Waals surface area (Å²) in [6.45, 7) is 3.70. The third kappa shape index (κ3) is 4.47. The van der Waals surface area contributed by atoms with Crippen LogP contribution >= 0.6 is 0 Å². The molecule has 0 aliphatic rings. The predicted octanol–water partition coefficient (Wildman–Crippen LogP) is 4.62. The number of fused-ring (bicyclic) bond motifs is 1. The molecule has 0 fully saturated rings. The smallest absolute Gasteiger partial charge is 0.257 e. The summed E-state index contributed by atoms with van der Waals surface area (Å²) < 4.78 is 0. The zero-order chi connectivity index (χ0) is 22.6. The lowest BCUT2D eigenvalue weighted by molar-refractivity contribution is 0.680. The average Bonchev–Trinajstić information content (AvgIpc) is 3.27. The van der Waals surface area contributed by atoms with E-state index >= 15 is 0 Å². The molecule has 0 unspecified atom stereocenters. The van der Waals surface area contributed by atoms with Gasteiger partial charge in [0.1, 0.15) is 0 Å². The molecular formula is C27H25N5O. The van der Waals surface area contributed by atoms with Crippen LogP contribution in [0.4, 0.5) is 0 Å². The van der Waals surface area contributed by atoms with Crippen molar-refractivity contribution < 1.29 is 0 Å². The zero-order valence-electron chi connectivity index (χ0n) is 18.4. The second-order valence-corrected chi connectivity index (χ2v) is 8.09. The van der Waals surface area contributed by atoms with Crippen LogP contribution in [0, 0.1) is 6.92 Å². The van der Waals surface area contributed by atoms with Crippen molar-refractivity contribution in [2.45, 2.75) is 19.9 Å². The van der Waals surface area contributed by atoms with Gasteiger partial charge in [-0.1, -0.05) is 54.6 Å². The maximum atomic E-state index is 12.4. The van der Waals surface area contributed by atoms with Crippen molar-refractivity contribution in [3.8, 4) is 22.4 Å². The molecule has 0 amide bonds. The molecule has 3 N–H and O–H groups in total. The maximum Gasteiger partial charge on any atom is 0.257 e. The van der Waals surface area contributed by atoms with Crippen molar-refractivity contribution in [1.29, 1.82) is 0 Å². The van der Waals surface area contributed by atoms with Gasteiger partial charge in [-0.15, -0.1) is 0 Å². The number of imidazole rings is 1. The highest BCUT2D eigenvalue weighted by atomic mass is 16.1. The maximum absolute atomic E-state index is 12.4. The lowest BCUT2D eigenvalue weighted by Gasteiger charge is -2.12. The Morgan fingerprint density at radius 1 is 0.939 bits per heavy atom. The fraction of sp³-hybridized carbons (Fsp3) is 0.148. The molecule has 2 aromatic carbocycles. The Labute approximate surface area is 191 Å². The van der Waals surface area contributed by atoms with E-state index < -0.39 is 0 Å². The summed E-state index contributed by atoms with van der Waals surface area (Å²) in [7, 11) is 0. The Kier molecular flexibility index (Phi) is 5.83. The Morgan fingerprint density at radius 3 is 2.52 bits per heavy atom. The van der Waals surface area contributed by atoms with Crippen molar-refractivity contribution in [2.24, 2.45) is 0 Å². The summed E-state index contributed by atoms with van der Waals surface area (Å²) in [4.78, 5) is 27.4. The fourth-order valence-electron chi connectivity index (χ4n) is 4.03. The first-order valence-electron chi connectivity index (χ1n) is 11.1. The summed E-state index contributed by atoms with van der Waals surface area (Å²) in [6.07, 6.45) is 4.28. The van der Waals surface area contributed by atoms with Crippen LogP contribution in [-0.2, 0) is 13.0 Å². The minimum atomic E-state index is -0.129. The van der Waals surface area contributed by atoms with Gasteiger partial charge in [0.05, 0.1) is 28.6 Å². The SMILES string of the molecule is Cc1[nH]cnc1CCNCc1ccc(-c2nc3cc[nH]c(=O)c3cc2-c2ccccc2)cc1. The lowest BCUT2D eigenvalue weighted by atomic mass is 9.97. The van der Waals surface area contributed by atoms with Crippen LogP contribution in [0.15, 0.2) is 84.0 Å². The fourth-order valence-corrected chi connectivity index (χ4v) is 4.03. The number of H-pyrrole nitrogens is 2. The average molecular weight is 436 g/mol. The molecule has 0 aliphatic heterocycles. The highest BCUT2D eigenvalue weighted by molar-refractivity contribution is 5.91. The van der Waals surface area contributed by atoms with Gasteiger partial charge in [-0.3, -0.25) is 4.79 Å². The first kappa shape index (κ1) is 20.8. The third-order valence-corrected chi connectivity index (χ3v) is 5.87. The molecule has 0 spiro atoms. The molecule has 5 aromatic rings. The first-order chi connectivity index (χ1) is 16.2. The second-order valence-electron chi connectivity index (χ2n) is 8.09. The molecule has 0 aliphatic carbocycles. The third-order valence-electron chi connectivity index (χ3n) is 5.87. The van der Waals surface area contributed by atoms with Crippen molar-refractivity contribution in [2.75, 3.05) is 6.54 Å². The van der Waals surface area contributed by atoms with Gasteiger partial charge in [0.25, 0.3) is 5.56 Å². The summed E-state index contributed by atoms with van der Waals surface area (Å²) in [5.41, 5.74) is 7.86. The number of rotatable bonds is 7. The van der Waals surface area contributed by atoms with Crippen molar-refractivity contribution in [3.63, 3.8) is 0 Å². The van der Waals surface area contributed by atoms with E-state index in [0.29, 0.717) is 10.9 Å². The van der Waals surface area contributed by atoms with E-state index in [-0.39, 0.29) is 5.56 Å². The van der Waals surface area contributed by atoms with Crippen molar-refractivity contribution >= 4 is 10.9 Å². The monoisotopic (exact) mass is 435 g/mol. The Hall–Kier alpha value is -4.03. The van der Waals surface area contributed by atoms with Crippen molar-refractivity contribution in [1.82, 2.24) is 25.3 Å². The van der Waals surface area contributed by atoms with E-state index in [0.717, 1.165) is 53.3 Å². The van der Waals surface area contributed by atoms with Gasteiger partial charge in [-0.05, 0) is 30.2 Å². The summed E-state index contributed by atoms with van der Waals surface area (Å²) >= 11 is 0. The van der Waals surface area contributed by atoms with Gasteiger partial charge in [0, 0.05) is 42.5 Å². The molecule has 0 atom stereocenters. The van der Waals surface area contributed by atoms with E-state index in [1.165, 1.54) is 5.56 Å². The Morgan fingerprint density at radius 2 is 1.76 bits per heavy atom. The molecule has 0 bridgehead atoms. The number of benzene rings is 2. The molecule has 3 heterocycles. The number of aromatic nitrogens is 4. The number of hydrogen-bond acceptors (Lipinski definition) is 4. The van der Waals surface area contributed by atoms with Crippen LogP contribution < -0.4 is 10.9 Å². The van der Waals surface area contributed by atoms with Gasteiger partial charge in [-0.25, -0.2) is 9.97 Å². The number of hydrogen-bond donors (Lipinski definition) is 3. The van der Waals surface area contributed by atoms with E-state index in [1.807, 2.05) is 49.4 Å². The number of pyridine rings is 2. The van der Waals surface area contributed by atoms with Gasteiger partial charge >= 0.3 is 0 Å². The lowest BCUT2D eigenvalue weighted by Crippen LogP contribution is -2.17. The second kappa shape index (κ2) is 9.22. The molecular weight excluding hydrogens is 410 g/mol. The summed E-state index contributed by atoms with van der Waals surface area (Å²) in [5, 5.41) is 4.08. The molecule has 6 nitrogen and oxygen atoms in total. The van der Waals surface area contributed by atoms with Crippen LogP contribution in [-0.4, -0.2) is 26.5 Å². The molecule has 0 radical (unpaired) electrons. The van der Waals surface area contributed by atoms with Crippen LogP contribution in [0.3, 0.4) is 0 Å². The summed E-state index contributed by atoms with van der Waals surface area (Å²) in [6, 6.07) is 22.3. The van der Waals surface area contributed by atoms with Crippen LogP contribution in [0.25, 0.3) is 33.3 Å². The Bertz CT molecular complexity index is 1440. The predicted molar refractivity (Wildman–Crippen MR) is 132 cm³/mol. The van der Waals surface area contributed by atoms with Gasteiger partial charge in [0.2, 0.25) is 0 Å². The molecule has 164 valence electrons. The number of aryl methyl sites for hydroxylation is 1. The summed E-state index contributed by atoms with van der Waals surface area (Å²) in [5.74, 6) is 0. The molecule has 3 aromatic heterocycles. The molecule has 33 heavy (non-hydrogen) atoms. The molecule has 6 heteroatoms. The van der Waals surface area contributed by atoms with E-state index in [4.69, 9.17) is 4.98 Å². The molecule has 5 rings (SSSR count). The van der Waals surface area contributed by atoms with Crippen LogP contribution in [0.2, 0.25) is 0 Å². The number of aromatic amines is 2. The highest BCUT2D eigenvalue weighted by Crippen LogP contribution is 2.32. The topological polar surface area (TPSA) is 86.5 Å². The minimum absolute atomic E-state index is 0.129. The van der Waals surface area contributed by atoms with E-state index in [1.54, 1.807) is 12.5 Å². The van der Waals surface area contributed by atoms with Crippen LogP contribution in [0.5, 0.6) is 0 Å². The number of nitrogens with one attached hydrogen (secondary N) is 3.